The molecule has 2 aromatic carbocycles. The third kappa shape index (κ3) is 7.02. The number of oxime groups is 1. The van der Waals surface area contributed by atoms with Crippen molar-refractivity contribution in [2.45, 2.75) is 42.0 Å². The Balaban J connectivity index is 1.81. The zero-order valence-corrected chi connectivity index (χ0v) is 21.6. The molecule has 1 aliphatic heterocycles. The predicted octanol–water partition coefficient (Wildman–Crippen LogP) is 0.974. The first-order valence-corrected chi connectivity index (χ1v) is 14.0. The summed E-state index contributed by atoms with van der Waals surface area (Å²) in [4.78, 5) is 15.2. The summed E-state index contributed by atoms with van der Waals surface area (Å²) in [5.41, 5.74) is 10.9. The maximum Gasteiger partial charge on any atom is 0.340 e. The number of aliphatic carboxylic acids is 1. The van der Waals surface area contributed by atoms with Gasteiger partial charge in [0.05, 0.1) is 6.61 Å². The third-order valence-corrected chi connectivity index (χ3v) is 8.64. The van der Waals surface area contributed by atoms with Gasteiger partial charge in [0.25, 0.3) is 0 Å². The van der Waals surface area contributed by atoms with Gasteiger partial charge in [-0.1, -0.05) is 12.1 Å². The van der Waals surface area contributed by atoms with Crippen molar-refractivity contribution in [2.75, 3.05) is 19.8 Å². The summed E-state index contributed by atoms with van der Waals surface area (Å²) in [6.45, 7) is 2.06. The topological polar surface area (TPSA) is 201 Å². The van der Waals surface area contributed by atoms with E-state index in [2.05, 4.69) is 5.16 Å². The fourth-order valence-corrected chi connectivity index (χ4v) is 7.07. The quantitative estimate of drug-likeness (QED) is 0.111. The number of nitrogens with two attached hydrogens (primary N) is 2. The summed E-state index contributed by atoms with van der Waals surface area (Å²) in [5, 5.41) is 12.8. The van der Waals surface area contributed by atoms with Crippen LogP contribution in [-0.4, -0.2) is 64.0 Å². The van der Waals surface area contributed by atoms with E-state index in [9.17, 15) is 26.7 Å². The first kappa shape index (κ1) is 28.0. The van der Waals surface area contributed by atoms with Crippen LogP contribution >= 0.6 is 0 Å². The van der Waals surface area contributed by atoms with E-state index >= 15 is 0 Å². The summed E-state index contributed by atoms with van der Waals surface area (Å²) in [6, 6.07) is 8.09. The highest BCUT2D eigenvalue weighted by molar-refractivity contribution is 7.91. The molecule has 1 aliphatic rings. The van der Waals surface area contributed by atoms with Gasteiger partial charge in [-0.25, -0.2) is 8.42 Å². The Morgan fingerprint density at radius 1 is 1.08 bits per heavy atom. The standard InChI is InChI=1S/C22H28N4O9S2/c1-15-12-16(33-10-5-11-34-25-22(23)24)14-17(13-15)35-37(31,32)20-8-3-2-7-19(20)36(29,30)26-9-4-6-18(26)21(27)28/h2-3,7-8,12-14,18H,4-6,9-11H2,1H3,(H,27,28)(H4,23,24,25). The largest absolute Gasteiger partial charge is 0.493 e. The van der Waals surface area contributed by atoms with Crippen LogP contribution in [0.3, 0.4) is 0 Å². The number of benzene rings is 2. The first-order valence-electron chi connectivity index (χ1n) is 11.2. The van der Waals surface area contributed by atoms with E-state index in [1.807, 2.05) is 0 Å². The van der Waals surface area contributed by atoms with Gasteiger partial charge < -0.3 is 30.3 Å². The Morgan fingerprint density at radius 3 is 2.43 bits per heavy atom. The summed E-state index contributed by atoms with van der Waals surface area (Å²) in [6.07, 6.45) is 0.902. The summed E-state index contributed by atoms with van der Waals surface area (Å²) in [7, 11) is -9.08. The molecule has 0 aromatic heterocycles. The number of hydrogen-bond acceptors (Lipinski definition) is 9. The normalized spacial score (nSPS) is 16.2. The minimum Gasteiger partial charge on any atom is -0.493 e. The number of nitrogens with zero attached hydrogens (tertiary/aromatic N) is 2. The van der Waals surface area contributed by atoms with E-state index in [4.69, 9.17) is 25.2 Å². The maximum atomic E-state index is 13.3. The zero-order valence-electron chi connectivity index (χ0n) is 19.9. The van der Waals surface area contributed by atoms with Crippen molar-refractivity contribution in [3.05, 3.63) is 48.0 Å². The van der Waals surface area contributed by atoms with Crippen molar-refractivity contribution in [2.24, 2.45) is 16.6 Å². The molecule has 1 heterocycles. The summed E-state index contributed by atoms with van der Waals surface area (Å²) in [5.74, 6) is -1.29. The van der Waals surface area contributed by atoms with Gasteiger partial charge >= 0.3 is 16.1 Å². The van der Waals surface area contributed by atoms with Crippen molar-refractivity contribution >= 4 is 32.1 Å². The average Bonchev–Trinajstić information content (AvgIpc) is 3.32. The molecule has 0 bridgehead atoms. The second-order valence-corrected chi connectivity index (χ2v) is 11.5. The van der Waals surface area contributed by atoms with Crippen LogP contribution in [0.25, 0.3) is 0 Å². The molecule has 0 amide bonds. The molecule has 0 saturated carbocycles. The first-order chi connectivity index (χ1) is 17.4. The Labute approximate surface area is 214 Å². The molecule has 0 radical (unpaired) electrons. The lowest BCUT2D eigenvalue weighted by Crippen LogP contribution is -2.40. The molecule has 1 atom stereocenters. The Kier molecular flexibility index (Phi) is 8.83. The van der Waals surface area contributed by atoms with E-state index in [0.717, 1.165) is 16.4 Å². The van der Waals surface area contributed by atoms with E-state index in [1.165, 1.54) is 24.3 Å². The third-order valence-electron chi connectivity index (χ3n) is 5.24. The number of carboxylic acid groups (broad SMARTS) is 1. The second kappa shape index (κ2) is 11.7. The molecular formula is C22H28N4O9S2. The van der Waals surface area contributed by atoms with Crippen LogP contribution in [0.5, 0.6) is 11.5 Å². The molecule has 0 aliphatic carbocycles. The number of guanidine groups is 1. The van der Waals surface area contributed by atoms with Crippen molar-refractivity contribution in [3.63, 3.8) is 0 Å². The average molecular weight is 557 g/mol. The van der Waals surface area contributed by atoms with Crippen LogP contribution in [0.1, 0.15) is 24.8 Å². The van der Waals surface area contributed by atoms with Crippen molar-refractivity contribution in [3.8, 4) is 11.5 Å². The van der Waals surface area contributed by atoms with Crippen LogP contribution in [0.15, 0.2) is 57.4 Å². The lowest BCUT2D eigenvalue weighted by Gasteiger charge is -2.22. The number of rotatable bonds is 12. The van der Waals surface area contributed by atoms with Crippen molar-refractivity contribution in [1.82, 2.24) is 4.31 Å². The van der Waals surface area contributed by atoms with Crippen molar-refractivity contribution in [1.29, 1.82) is 0 Å². The van der Waals surface area contributed by atoms with Gasteiger partial charge in [0, 0.05) is 19.0 Å². The smallest absolute Gasteiger partial charge is 0.340 e. The predicted molar refractivity (Wildman–Crippen MR) is 132 cm³/mol. The van der Waals surface area contributed by atoms with Gasteiger partial charge in [0.1, 0.15) is 33.9 Å². The molecule has 13 nitrogen and oxygen atoms in total. The number of sulfonamides is 1. The Morgan fingerprint density at radius 2 is 1.76 bits per heavy atom. The molecule has 15 heteroatoms. The highest BCUT2D eigenvalue weighted by Gasteiger charge is 2.41. The number of ether oxygens (including phenoxy) is 1. The minimum absolute atomic E-state index is 0.0376. The van der Waals surface area contributed by atoms with Crippen molar-refractivity contribution < 1.29 is 40.5 Å². The number of carboxylic acids is 1. The number of hydrogen-bond donors (Lipinski definition) is 3. The van der Waals surface area contributed by atoms with E-state index in [-0.39, 0.29) is 37.9 Å². The van der Waals surface area contributed by atoms with Gasteiger partial charge in [0.15, 0.2) is 0 Å². The molecule has 1 unspecified atom stereocenters. The van der Waals surface area contributed by atoms with Crippen LogP contribution in [0, 0.1) is 6.92 Å². The van der Waals surface area contributed by atoms with Gasteiger partial charge in [-0.3, -0.25) is 4.79 Å². The molecule has 3 rings (SSSR count). The van der Waals surface area contributed by atoms with Gasteiger partial charge in [-0.05, 0) is 54.8 Å². The molecule has 1 fully saturated rings. The van der Waals surface area contributed by atoms with Gasteiger partial charge in [-0.15, -0.1) is 0 Å². The van der Waals surface area contributed by atoms with E-state index in [0.29, 0.717) is 24.2 Å². The molecule has 0 spiro atoms. The minimum atomic E-state index is -4.64. The molecule has 202 valence electrons. The molecular weight excluding hydrogens is 528 g/mol. The fraction of sp³-hybridized carbons (Fsp3) is 0.364. The summed E-state index contributed by atoms with van der Waals surface area (Å²) < 4.78 is 64.7. The Hall–Kier alpha value is -3.56. The van der Waals surface area contributed by atoms with Crippen LogP contribution in [0.2, 0.25) is 0 Å². The maximum absolute atomic E-state index is 13.3. The monoisotopic (exact) mass is 556 g/mol. The second-order valence-electron chi connectivity index (χ2n) is 8.13. The van der Waals surface area contributed by atoms with Crippen LogP contribution < -0.4 is 20.4 Å². The van der Waals surface area contributed by atoms with Gasteiger partial charge in [0.2, 0.25) is 16.0 Å². The van der Waals surface area contributed by atoms with Crippen LogP contribution in [-0.2, 0) is 29.8 Å². The number of carbonyl (C=O) groups is 1. The van der Waals surface area contributed by atoms with Gasteiger partial charge in [-0.2, -0.15) is 12.7 Å². The van der Waals surface area contributed by atoms with E-state index < -0.39 is 41.9 Å². The summed E-state index contributed by atoms with van der Waals surface area (Å²) >= 11 is 0. The molecule has 5 N–H and O–H groups in total. The SMILES string of the molecule is Cc1cc(OCCCON=C(N)N)cc(OS(=O)(=O)c2ccccc2S(=O)(=O)N2CCCC2C(=O)O)c1. The molecule has 2 aromatic rings. The number of aryl methyl sites for hydroxylation is 1. The van der Waals surface area contributed by atoms with E-state index in [1.54, 1.807) is 13.0 Å². The lowest BCUT2D eigenvalue weighted by molar-refractivity contribution is -0.140. The Bertz CT molecular complexity index is 1370. The highest BCUT2D eigenvalue weighted by atomic mass is 32.2. The highest BCUT2D eigenvalue weighted by Crippen LogP contribution is 2.32. The fourth-order valence-electron chi connectivity index (χ4n) is 3.72. The molecule has 37 heavy (non-hydrogen) atoms. The van der Waals surface area contributed by atoms with Crippen LogP contribution in [0.4, 0.5) is 0 Å². The zero-order chi connectivity index (χ0) is 27.2. The lowest BCUT2D eigenvalue weighted by atomic mass is 10.2. The molecule has 1 saturated heterocycles.